The van der Waals surface area contributed by atoms with Crippen molar-refractivity contribution >= 4 is 23.7 Å². The predicted octanol–water partition coefficient (Wildman–Crippen LogP) is 3.21. The summed E-state index contributed by atoms with van der Waals surface area (Å²) in [6.45, 7) is 4.19. The number of hydrazone groups is 1. The number of nitrogens with one attached hydrogen (secondary N) is 2. The van der Waals surface area contributed by atoms with Gasteiger partial charge < -0.3 is 14.8 Å². The molecule has 2 aromatic rings. The van der Waals surface area contributed by atoms with Crippen molar-refractivity contribution in [1.29, 1.82) is 0 Å². The van der Waals surface area contributed by atoms with Crippen molar-refractivity contribution in [3.05, 3.63) is 54.1 Å². The standard InChI is InChI=1S/C21H25N3O4/c1-4-12-28-19-7-5-6-16(13-19)14-22-24-21(26)15(2)20(25)23-17-8-10-18(27-3)11-9-17/h5-11,13-15H,4,12H2,1-3H3,(H,23,25)(H,24,26). The highest BCUT2D eigenvalue weighted by molar-refractivity contribution is 6.06. The largest absolute Gasteiger partial charge is 0.497 e. The van der Waals surface area contributed by atoms with Crippen LogP contribution in [0.4, 0.5) is 5.69 Å². The molecule has 7 heteroatoms. The smallest absolute Gasteiger partial charge is 0.252 e. The fourth-order valence-electron chi connectivity index (χ4n) is 2.22. The van der Waals surface area contributed by atoms with Gasteiger partial charge in [0.15, 0.2) is 0 Å². The summed E-state index contributed by atoms with van der Waals surface area (Å²) in [5.41, 5.74) is 3.75. The van der Waals surface area contributed by atoms with Gasteiger partial charge in [-0.2, -0.15) is 5.10 Å². The van der Waals surface area contributed by atoms with Crippen molar-refractivity contribution in [3.63, 3.8) is 0 Å². The zero-order valence-electron chi connectivity index (χ0n) is 16.3. The Labute approximate surface area is 164 Å². The number of amides is 2. The number of methoxy groups -OCH3 is 1. The summed E-state index contributed by atoms with van der Waals surface area (Å²) in [5, 5.41) is 6.60. The minimum Gasteiger partial charge on any atom is -0.497 e. The predicted molar refractivity (Wildman–Crippen MR) is 109 cm³/mol. The molecule has 0 saturated carbocycles. The van der Waals surface area contributed by atoms with Crippen LogP contribution in [-0.4, -0.2) is 31.7 Å². The fourth-order valence-corrected chi connectivity index (χ4v) is 2.22. The first-order chi connectivity index (χ1) is 13.5. The van der Waals surface area contributed by atoms with E-state index in [-0.39, 0.29) is 0 Å². The third kappa shape index (κ3) is 6.42. The normalized spacial score (nSPS) is 11.7. The zero-order valence-corrected chi connectivity index (χ0v) is 16.3. The molecule has 7 nitrogen and oxygen atoms in total. The quantitative estimate of drug-likeness (QED) is 0.395. The highest BCUT2D eigenvalue weighted by atomic mass is 16.5. The van der Waals surface area contributed by atoms with Gasteiger partial charge in [-0.15, -0.1) is 0 Å². The van der Waals surface area contributed by atoms with Gasteiger partial charge in [-0.1, -0.05) is 19.1 Å². The molecule has 0 fully saturated rings. The molecule has 148 valence electrons. The lowest BCUT2D eigenvalue weighted by Crippen LogP contribution is -2.34. The highest BCUT2D eigenvalue weighted by Gasteiger charge is 2.21. The second-order valence-electron chi connectivity index (χ2n) is 6.09. The van der Waals surface area contributed by atoms with Crippen LogP contribution in [-0.2, 0) is 9.59 Å². The Kier molecular flexibility index (Phi) is 8.02. The molecule has 0 heterocycles. The van der Waals surface area contributed by atoms with E-state index in [9.17, 15) is 9.59 Å². The third-order valence-corrected chi connectivity index (χ3v) is 3.86. The lowest BCUT2D eigenvalue weighted by atomic mass is 10.1. The van der Waals surface area contributed by atoms with Gasteiger partial charge in [-0.25, -0.2) is 5.43 Å². The van der Waals surface area contributed by atoms with E-state index in [1.54, 1.807) is 31.4 Å². The summed E-state index contributed by atoms with van der Waals surface area (Å²) in [4.78, 5) is 24.4. The van der Waals surface area contributed by atoms with E-state index in [0.29, 0.717) is 18.0 Å². The summed E-state index contributed by atoms with van der Waals surface area (Å²) in [5.74, 6) is -0.404. The number of carbonyl (C=O) groups is 2. The van der Waals surface area contributed by atoms with Gasteiger partial charge in [0.05, 0.1) is 19.9 Å². The minimum absolute atomic E-state index is 0.423. The van der Waals surface area contributed by atoms with E-state index in [1.807, 2.05) is 31.2 Å². The van der Waals surface area contributed by atoms with Crippen molar-refractivity contribution in [2.45, 2.75) is 20.3 Å². The third-order valence-electron chi connectivity index (χ3n) is 3.86. The number of anilines is 1. The summed E-state index contributed by atoms with van der Waals surface area (Å²) in [6.07, 6.45) is 2.43. The Bertz CT molecular complexity index is 819. The van der Waals surface area contributed by atoms with E-state index in [4.69, 9.17) is 9.47 Å². The van der Waals surface area contributed by atoms with E-state index < -0.39 is 17.7 Å². The summed E-state index contributed by atoms with van der Waals surface area (Å²) in [6, 6.07) is 14.2. The number of carbonyl (C=O) groups excluding carboxylic acids is 2. The van der Waals surface area contributed by atoms with E-state index in [0.717, 1.165) is 17.7 Å². The number of benzene rings is 2. The maximum atomic E-state index is 12.2. The van der Waals surface area contributed by atoms with Gasteiger partial charge in [0.1, 0.15) is 17.4 Å². The monoisotopic (exact) mass is 383 g/mol. The second kappa shape index (κ2) is 10.7. The van der Waals surface area contributed by atoms with Crippen molar-refractivity contribution in [1.82, 2.24) is 5.43 Å². The minimum atomic E-state index is -0.904. The van der Waals surface area contributed by atoms with Crippen molar-refractivity contribution in [2.24, 2.45) is 11.0 Å². The summed E-state index contributed by atoms with van der Waals surface area (Å²) < 4.78 is 10.6. The molecular formula is C21H25N3O4. The van der Waals surface area contributed by atoms with Gasteiger partial charge in [0.2, 0.25) is 5.91 Å². The van der Waals surface area contributed by atoms with Crippen molar-refractivity contribution in [2.75, 3.05) is 19.0 Å². The van der Waals surface area contributed by atoms with Crippen LogP contribution >= 0.6 is 0 Å². The van der Waals surface area contributed by atoms with Crippen molar-refractivity contribution in [3.8, 4) is 11.5 Å². The molecule has 2 rings (SSSR count). The first-order valence-corrected chi connectivity index (χ1v) is 9.04. The number of nitrogens with zero attached hydrogens (tertiary/aromatic N) is 1. The Morgan fingerprint density at radius 2 is 1.86 bits per heavy atom. The van der Waals surface area contributed by atoms with Crippen LogP contribution in [0.5, 0.6) is 11.5 Å². The van der Waals surface area contributed by atoms with Gasteiger partial charge >= 0.3 is 0 Å². The lowest BCUT2D eigenvalue weighted by Gasteiger charge is -2.11. The molecule has 0 aromatic heterocycles. The lowest BCUT2D eigenvalue weighted by molar-refractivity contribution is -0.131. The molecule has 1 unspecified atom stereocenters. The molecule has 28 heavy (non-hydrogen) atoms. The SMILES string of the molecule is CCCOc1cccc(C=NNC(=O)C(C)C(=O)Nc2ccc(OC)cc2)c1. The Hall–Kier alpha value is -3.35. The van der Waals surface area contributed by atoms with Gasteiger partial charge in [0, 0.05) is 5.69 Å². The molecule has 2 amide bonds. The Morgan fingerprint density at radius 1 is 1.11 bits per heavy atom. The van der Waals surface area contributed by atoms with Crippen LogP contribution in [0, 0.1) is 5.92 Å². The van der Waals surface area contributed by atoms with E-state index >= 15 is 0 Å². The Morgan fingerprint density at radius 3 is 2.54 bits per heavy atom. The molecule has 0 aliphatic heterocycles. The highest BCUT2D eigenvalue weighted by Crippen LogP contribution is 2.16. The molecule has 0 aliphatic carbocycles. The van der Waals surface area contributed by atoms with Crippen LogP contribution in [0.15, 0.2) is 53.6 Å². The molecule has 1 atom stereocenters. The topological polar surface area (TPSA) is 89.0 Å². The molecule has 0 saturated heterocycles. The number of rotatable bonds is 9. The maximum Gasteiger partial charge on any atom is 0.252 e. The first kappa shape index (κ1) is 21.0. The molecule has 0 radical (unpaired) electrons. The maximum absolute atomic E-state index is 12.2. The molecule has 0 aliphatic rings. The zero-order chi connectivity index (χ0) is 20.4. The number of hydrogen-bond donors (Lipinski definition) is 2. The molecule has 2 aromatic carbocycles. The van der Waals surface area contributed by atoms with Gasteiger partial charge in [0.25, 0.3) is 5.91 Å². The number of hydrogen-bond acceptors (Lipinski definition) is 5. The molecule has 2 N–H and O–H groups in total. The van der Waals surface area contributed by atoms with Crippen LogP contribution in [0.25, 0.3) is 0 Å². The van der Waals surface area contributed by atoms with Crippen LogP contribution in [0.2, 0.25) is 0 Å². The van der Waals surface area contributed by atoms with Crippen LogP contribution < -0.4 is 20.2 Å². The summed E-state index contributed by atoms with van der Waals surface area (Å²) in [7, 11) is 1.56. The van der Waals surface area contributed by atoms with Crippen LogP contribution in [0.3, 0.4) is 0 Å². The molecule has 0 bridgehead atoms. The number of ether oxygens (including phenoxy) is 2. The van der Waals surface area contributed by atoms with Crippen LogP contribution in [0.1, 0.15) is 25.8 Å². The fraction of sp³-hybridized carbons (Fsp3) is 0.286. The average molecular weight is 383 g/mol. The average Bonchev–Trinajstić information content (AvgIpc) is 2.72. The first-order valence-electron chi connectivity index (χ1n) is 9.04. The molecular weight excluding hydrogens is 358 g/mol. The second-order valence-corrected chi connectivity index (χ2v) is 6.09. The molecule has 0 spiro atoms. The van der Waals surface area contributed by atoms with E-state index in [2.05, 4.69) is 15.8 Å². The summed E-state index contributed by atoms with van der Waals surface area (Å²) >= 11 is 0. The van der Waals surface area contributed by atoms with Gasteiger partial charge in [-0.3, -0.25) is 9.59 Å². The van der Waals surface area contributed by atoms with Crippen molar-refractivity contribution < 1.29 is 19.1 Å². The van der Waals surface area contributed by atoms with E-state index in [1.165, 1.54) is 13.1 Å². The van der Waals surface area contributed by atoms with Gasteiger partial charge in [-0.05, 0) is 55.3 Å². The Balaban J connectivity index is 1.87.